The van der Waals surface area contributed by atoms with Crippen molar-refractivity contribution in [3.8, 4) is 22.8 Å². The van der Waals surface area contributed by atoms with Crippen molar-refractivity contribution in [2.45, 2.75) is 20.3 Å². The van der Waals surface area contributed by atoms with E-state index in [1.807, 2.05) is 37.3 Å². The number of esters is 1. The van der Waals surface area contributed by atoms with E-state index in [9.17, 15) is 9.59 Å². The molecule has 4 aromatic rings. The van der Waals surface area contributed by atoms with Crippen LogP contribution in [0.4, 0.5) is 0 Å². The Kier molecular flexibility index (Phi) is 4.49. The van der Waals surface area contributed by atoms with Crippen molar-refractivity contribution >= 4 is 16.9 Å². The third kappa shape index (κ3) is 3.07. The average Bonchev–Trinajstić information content (AvgIpc) is 3.18. The zero-order valence-corrected chi connectivity index (χ0v) is 15.4. The van der Waals surface area contributed by atoms with Crippen molar-refractivity contribution in [1.29, 1.82) is 0 Å². The Bertz CT molecular complexity index is 1230. The van der Waals surface area contributed by atoms with Crippen LogP contribution in [-0.4, -0.2) is 20.7 Å². The molecule has 0 atom stereocenters. The van der Waals surface area contributed by atoms with E-state index < -0.39 is 5.97 Å². The summed E-state index contributed by atoms with van der Waals surface area (Å²) in [6.45, 7) is 3.25. The first-order valence-corrected chi connectivity index (χ1v) is 8.81. The number of hydrogen-bond acceptors (Lipinski definition) is 6. The van der Waals surface area contributed by atoms with Crippen LogP contribution in [0.2, 0.25) is 0 Å². The molecule has 0 bridgehead atoms. The van der Waals surface area contributed by atoms with Gasteiger partial charge in [-0.1, -0.05) is 25.1 Å². The summed E-state index contributed by atoms with van der Waals surface area (Å²) in [7, 11) is 0. The SMILES string of the molecule is CCc1cc2c(=O)c(-c3nncn3-c3ccccc3)coc2cc1OC(C)=O. The molecule has 2 aromatic heterocycles. The Morgan fingerprint density at radius 3 is 2.71 bits per heavy atom. The average molecular weight is 375 g/mol. The molecule has 0 spiro atoms. The maximum atomic E-state index is 13.2. The highest BCUT2D eigenvalue weighted by Gasteiger charge is 2.18. The minimum Gasteiger partial charge on any atom is -0.463 e. The van der Waals surface area contributed by atoms with Crippen LogP contribution >= 0.6 is 0 Å². The molecule has 7 nitrogen and oxygen atoms in total. The molecule has 2 aromatic carbocycles. The number of hydrogen-bond donors (Lipinski definition) is 0. The van der Waals surface area contributed by atoms with E-state index in [0.717, 1.165) is 11.3 Å². The van der Waals surface area contributed by atoms with Crippen LogP contribution in [-0.2, 0) is 11.2 Å². The minimum atomic E-state index is -0.427. The Morgan fingerprint density at radius 1 is 1.21 bits per heavy atom. The Balaban J connectivity index is 1.89. The summed E-state index contributed by atoms with van der Waals surface area (Å²) >= 11 is 0. The van der Waals surface area contributed by atoms with E-state index in [4.69, 9.17) is 9.15 Å². The van der Waals surface area contributed by atoms with E-state index >= 15 is 0 Å². The van der Waals surface area contributed by atoms with E-state index in [1.165, 1.54) is 13.2 Å². The van der Waals surface area contributed by atoms with E-state index in [0.29, 0.717) is 34.5 Å². The quantitative estimate of drug-likeness (QED) is 0.401. The maximum Gasteiger partial charge on any atom is 0.308 e. The van der Waals surface area contributed by atoms with Gasteiger partial charge in [-0.3, -0.25) is 14.2 Å². The molecule has 0 aliphatic carbocycles. The van der Waals surface area contributed by atoms with Gasteiger partial charge in [0.15, 0.2) is 5.82 Å². The zero-order valence-electron chi connectivity index (χ0n) is 15.4. The molecule has 0 saturated heterocycles. The van der Waals surface area contributed by atoms with Gasteiger partial charge >= 0.3 is 5.97 Å². The summed E-state index contributed by atoms with van der Waals surface area (Å²) in [5.74, 6) is 0.360. The Labute approximate surface area is 160 Å². The number of benzene rings is 2. The summed E-state index contributed by atoms with van der Waals surface area (Å²) in [4.78, 5) is 24.5. The number of fused-ring (bicyclic) bond motifs is 1. The molecule has 0 aliphatic rings. The topological polar surface area (TPSA) is 87.2 Å². The third-order valence-corrected chi connectivity index (χ3v) is 4.41. The number of ether oxygens (including phenoxy) is 1. The van der Waals surface area contributed by atoms with Gasteiger partial charge in [0.25, 0.3) is 0 Å². The standard InChI is InChI=1S/C21H17N3O4/c1-3-14-9-16-19(10-18(14)28-13(2)25)27-11-17(20(16)26)21-23-22-12-24(21)15-7-5-4-6-8-15/h4-12H,3H2,1-2H3. The monoisotopic (exact) mass is 375 g/mol. The molecule has 0 unspecified atom stereocenters. The summed E-state index contributed by atoms with van der Waals surface area (Å²) in [6, 6.07) is 12.8. The van der Waals surface area contributed by atoms with Crippen molar-refractivity contribution < 1.29 is 13.9 Å². The van der Waals surface area contributed by atoms with Gasteiger partial charge in [0, 0.05) is 18.7 Å². The lowest BCUT2D eigenvalue weighted by atomic mass is 10.1. The minimum absolute atomic E-state index is 0.226. The number of rotatable bonds is 4. The first-order valence-electron chi connectivity index (χ1n) is 8.81. The van der Waals surface area contributed by atoms with Gasteiger partial charge in [-0.05, 0) is 30.2 Å². The molecule has 140 valence electrons. The fraction of sp³-hybridized carbons (Fsp3) is 0.143. The Morgan fingerprint density at radius 2 is 2.00 bits per heavy atom. The predicted molar refractivity (Wildman–Crippen MR) is 104 cm³/mol. The highest BCUT2D eigenvalue weighted by molar-refractivity contribution is 5.84. The van der Waals surface area contributed by atoms with Crippen molar-refractivity contribution in [3.63, 3.8) is 0 Å². The molecule has 7 heteroatoms. The number of aryl methyl sites for hydroxylation is 1. The van der Waals surface area contributed by atoms with Gasteiger partial charge < -0.3 is 9.15 Å². The Hall–Kier alpha value is -3.74. The molecule has 28 heavy (non-hydrogen) atoms. The predicted octanol–water partition coefficient (Wildman–Crippen LogP) is 3.53. The fourth-order valence-electron chi connectivity index (χ4n) is 3.08. The molecule has 0 aliphatic heterocycles. The van der Waals surface area contributed by atoms with Crippen molar-refractivity contribution in [3.05, 3.63) is 70.8 Å². The van der Waals surface area contributed by atoms with Gasteiger partial charge in [0.1, 0.15) is 29.5 Å². The lowest BCUT2D eigenvalue weighted by molar-refractivity contribution is -0.131. The van der Waals surface area contributed by atoms with Gasteiger partial charge in [0.05, 0.1) is 5.39 Å². The van der Waals surface area contributed by atoms with Crippen molar-refractivity contribution in [1.82, 2.24) is 14.8 Å². The van der Waals surface area contributed by atoms with Gasteiger partial charge in [-0.2, -0.15) is 0 Å². The molecule has 2 heterocycles. The number of nitrogens with zero attached hydrogens (tertiary/aromatic N) is 3. The normalized spacial score (nSPS) is 10.9. The maximum absolute atomic E-state index is 13.2. The van der Waals surface area contributed by atoms with Crippen LogP contribution in [0.15, 0.2) is 64.3 Å². The van der Waals surface area contributed by atoms with E-state index in [2.05, 4.69) is 10.2 Å². The molecular formula is C21H17N3O4. The molecule has 0 saturated carbocycles. The summed E-state index contributed by atoms with van der Waals surface area (Å²) in [5.41, 5.74) is 2.00. The summed E-state index contributed by atoms with van der Waals surface area (Å²) < 4.78 is 12.7. The van der Waals surface area contributed by atoms with Crippen molar-refractivity contribution in [2.24, 2.45) is 0 Å². The van der Waals surface area contributed by atoms with Crippen LogP contribution in [0.3, 0.4) is 0 Å². The highest BCUT2D eigenvalue weighted by Crippen LogP contribution is 2.27. The lowest BCUT2D eigenvalue weighted by Gasteiger charge is -2.10. The molecule has 0 N–H and O–H groups in total. The number of carbonyl (C=O) groups is 1. The van der Waals surface area contributed by atoms with Crippen molar-refractivity contribution in [2.75, 3.05) is 0 Å². The zero-order chi connectivity index (χ0) is 19.7. The third-order valence-electron chi connectivity index (χ3n) is 4.41. The van der Waals surface area contributed by atoms with Gasteiger partial charge in [-0.25, -0.2) is 0 Å². The number of aromatic nitrogens is 3. The second kappa shape index (κ2) is 7.11. The fourth-order valence-corrected chi connectivity index (χ4v) is 3.08. The highest BCUT2D eigenvalue weighted by atomic mass is 16.5. The molecule has 0 fully saturated rings. The first kappa shape index (κ1) is 17.7. The second-order valence-electron chi connectivity index (χ2n) is 6.24. The second-order valence-corrected chi connectivity index (χ2v) is 6.24. The lowest BCUT2D eigenvalue weighted by Crippen LogP contribution is -2.10. The van der Waals surface area contributed by atoms with E-state index in [1.54, 1.807) is 23.0 Å². The molecule has 0 radical (unpaired) electrons. The molecule has 0 amide bonds. The van der Waals surface area contributed by atoms with Crippen LogP contribution in [0.1, 0.15) is 19.4 Å². The van der Waals surface area contributed by atoms with Gasteiger partial charge in [0.2, 0.25) is 5.43 Å². The number of carbonyl (C=O) groups excluding carboxylic acids is 1. The van der Waals surface area contributed by atoms with Gasteiger partial charge in [-0.15, -0.1) is 10.2 Å². The summed E-state index contributed by atoms with van der Waals surface area (Å²) in [6.07, 6.45) is 3.51. The largest absolute Gasteiger partial charge is 0.463 e. The van der Waals surface area contributed by atoms with Crippen LogP contribution in [0, 0.1) is 0 Å². The van der Waals surface area contributed by atoms with Crippen LogP contribution in [0.25, 0.3) is 28.0 Å². The molecular weight excluding hydrogens is 358 g/mol. The first-order chi connectivity index (χ1) is 13.6. The van der Waals surface area contributed by atoms with Crippen LogP contribution in [0.5, 0.6) is 5.75 Å². The number of para-hydroxylation sites is 1. The summed E-state index contributed by atoms with van der Waals surface area (Å²) in [5, 5.41) is 8.46. The smallest absolute Gasteiger partial charge is 0.308 e. The van der Waals surface area contributed by atoms with Crippen LogP contribution < -0.4 is 10.2 Å². The van der Waals surface area contributed by atoms with E-state index in [-0.39, 0.29) is 5.43 Å². The molecule has 4 rings (SSSR count).